The number of benzene rings is 1. The van der Waals surface area contributed by atoms with Crippen LogP contribution in [0.5, 0.6) is 11.5 Å². The van der Waals surface area contributed by atoms with Crippen molar-refractivity contribution in [1.82, 2.24) is 0 Å². The average Bonchev–Trinajstić information content (AvgIpc) is 2.63. The molecule has 0 saturated heterocycles. The van der Waals surface area contributed by atoms with Gasteiger partial charge in [-0.05, 0) is 38.0 Å². The van der Waals surface area contributed by atoms with Crippen molar-refractivity contribution in [2.45, 2.75) is 39.4 Å². The van der Waals surface area contributed by atoms with Crippen LogP contribution in [0, 0.1) is 0 Å². The van der Waals surface area contributed by atoms with Crippen LogP contribution < -0.4 is 9.47 Å². The zero-order valence-corrected chi connectivity index (χ0v) is 15.3. The SMILES string of the molecule is C=COCOc1ccc(COC(C)(C)CC)cc1OCOC=C.C=O. The second-order valence-electron chi connectivity index (χ2n) is 5.37. The van der Waals surface area contributed by atoms with Gasteiger partial charge in [-0.15, -0.1) is 0 Å². The van der Waals surface area contributed by atoms with Gasteiger partial charge in [0.25, 0.3) is 0 Å². The van der Waals surface area contributed by atoms with Gasteiger partial charge in [0.2, 0.25) is 13.6 Å². The van der Waals surface area contributed by atoms with Crippen molar-refractivity contribution in [1.29, 1.82) is 0 Å². The average molecular weight is 352 g/mol. The summed E-state index contributed by atoms with van der Waals surface area (Å²) in [6, 6.07) is 5.60. The maximum atomic E-state index is 8.00. The molecule has 0 bridgehead atoms. The largest absolute Gasteiger partial charge is 0.466 e. The van der Waals surface area contributed by atoms with Crippen molar-refractivity contribution in [3.05, 3.63) is 49.4 Å². The maximum absolute atomic E-state index is 8.00. The highest BCUT2D eigenvalue weighted by molar-refractivity contribution is 5.42. The van der Waals surface area contributed by atoms with E-state index in [9.17, 15) is 0 Å². The van der Waals surface area contributed by atoms with Crippen molar-refractivity contribution < 1.29 is 28.5 Å². The lowest BCUT2D eigenvalue weighted by atomic mass is 10.1. The minimum Gasteiger partial charge on any atom is -0.466 e. The molecule has 0 radical (unpaired) electrons. The Morgan fingerprint density at radius 3 is 2.08 bits per heavy atom. The summed E-state index contributed by atoms with van der Waals surface area (Å²) in [5.41, 5.74) is 0.817. The van der Waals surface area contributed by atoms with Gasteiger partial charge in [0.15, 0.2) is 11.5 Å². The lowest BCUT2D eigenvalue weighted by Gasteiger charge is -2.23. The molecule has 0 aliphatic rings. The molecule has 0 amide bonds. The van der Waals surface area contributed by atoms with Crippen molar-refractivity contribution in [3.63, 3.8) is 0 Å². The first kappa shape index (κ1) is 22.5. The third-order valence-electron chi connectivity index (χ3n) is 3.29. The van der Waals surface area contributed by atoms with Crippen LogP contribution in [-0.4, -0.2) is 26.0 Å². The molecule has 1 aromatic rings. The van der Waals surface area contributed by atoms with Gasteiger partial charge < -0.3 is 28.5 Å². The monoisotopic (exact) mass is 352 g/mol. The predicted octanol–water partition coefficient (Wildman–Crippen LogP) is 4.20. The van der Waals surface area contributed by atoms with Crippen LogP contribution in [0.2, 0.25) is 0 Å². The second kappa shape index (κ2) is 12.9. The van der Waals surface area contributed by atoms with E-state index in [1.807, 2.05) is 25.0 Å². The fraction of sp³-hybridized carbons (Fsp3) is 0.421. The Kier molecular flexibility index (Phi) is 11.6. The maximum Gasteiger partial charge on any atom is 0.230 e. The van der Waals surface area contributed by atoms with Gasteiger partial charge in [0, 0.05) is 0 Å². The van der Waals surface area contributed by atoms with E-state index in [4.69, 9.17) is 28.5 Å². The topological polar surface area (TPSA) is 63.2 Å². The van der Waals surface area contributed by atoms with Crippen molar-refractivity contribution in [2.24, 2.45) is 0 Å². The van der Waals surface area contributed by atoms with E-state index in [1.165, 1.54) is 12.5 Å². The summed E-state index contributed by atoms with van der Waals surface area (Å²) in [6.07, 6.45) is 3.57. The first-order chi connectivity index (χ1) is 12.0. The summed E-state index contributed by atoms with van der Waals surface area (Å²) >= 11 is 0. The van der Waals surface area contributed by atoms with Crippen LogP contribution in [0.15, 0.2) is 43.9 Å². The van der Waals surface area contributed by atoms with Crippen LogP contribution in [-0.2, 0) is 25.6 Å². The van der Waals surface area contributed by atoms with Crippen molar-refractivity contribution >= 4 is 6.79 Å². The molecule has 0 heterocycles. The van der Waals surface area contributed by atoms with E-state index in [0.717, 1.165) is 12.0 Å². The zero-order valence-electron chi connectivity index (χ0n) is 15.3. The number of ether oxygens (including phenoxy) is 5. The molecule has 6 nitrogen and oxygen atoms in total. The molecule has 1 aromatic carbocycles. The van der Waals surface area contributed by atoms with Gasteiger partial charge in [0.05, 0.1) is 24.7 Å². The third kappa shape index (κ3) is 9.42. The number of carbonyl (C=O) groups excluding carboxylic acids is 1. The Hall–Kier alpha value is -2.47. The fourth-order valence-corrected chi connectivity index (χ4v) is 1.55. The fourth-order valence-electron chi connectivity index (χ4n) is 1.55. The number of hydrogen-bond acceptors (Lipinski definition) is 6. The molecule has 0 aliphatic carbocycles. The molecule has 25 heavy (non-hydrogen) atoms. The lowest BCUT2D eigenvalue weighted by molar-refractivity contribution is -0.0980. The second-order valence-corrected chi connectivity index (χ2v) is 5.37. The molecule has 0 atom stereocenters. The van der Waals surface area contributed by atoms with E-state index in [0.29, 0.717) is 18.1 Å². The van der Waals surface area contributed by atoms with Gasteiger partial charge in [0.1, 0.15) is 6.79 Å². The molecule has 0 spiro atoms. The molecule has 140 valence electrons. The quantitative estimate of drug-likeness (QED) is 0.319. The van der Waals surface area contributed by atoms with Crippen molar-refractivity contribution in [3.8, 4) is 11.5 Å². The molecular weight excluding hydrogens is 324 g/mol. The normalized spacial score (nSPS) is 10.0. The molecule has 0 N–H and O–H groups in total. The lowest BCUT2D eigenvalue weighted by Crippen LogP contribution is -2.22. The first-order valence-electron chi connectivity index (χ1n) is 7.78. The first-order valence-corrected chi connectivity index (χ1v) is 7.78. The molecule has 6 heteroatoms. The number of carbonyl (C=O) groups is 1. The van der Waals surface area contributed by atoms with Gasteiger partial charge in [-0.1, -0.05) is 26.1 Å². The Labute approximate surface area is 150 Å². The smallest absolute Gasteiger partial charge is 0.230 e. The van der Waals surface area contributed by atoms with Gasteiger partial charge in [-0.25, -0.2) is 0 Å². The summed E-state index contributed by atoms with van der Waals surface area (Å²) < 4.78 is 26.9. The van der Waals surface area contributed by atoms with Gasteiger partial charge in [-0.2, -0.15) is 0 Å². The third-order valence-corrected chi connectivity index (χ3v) is 3.29. The molecule has 0 aliphatic heterocycles. The van der Waals surface area contributed by atoms with E-state index >= 15 is 0 Å². The Morgan fingerprint density at radius 2 is 1.56 bits per heavy atom. The van der Waals surface area contributed by atoms with E-state index in [-0.39, 0.29) is 19.2 Å². The predicted molar refractivity (Wildman–Crippen MR) is 96.3 cm³/mol. The Morgan fingerprint density at radius 1 is 1.00 bits per heavy atom. The molecule has 1 rings (SSSR count). The molecule has 0 aromatic heterocycles. The summed E-state index contributed by atoms with van der Waals surface area (Å²) in [7, 11) is 0. The molecular formula is C19H28O6. The molecule has 0 saturated carbocycles. The molecule has 0 fully saturated rings. The van der Waals surface area contributed by atoms with Gasteiger partial charge in [-0.3, -0.25) is 0 Å². The highest BCUT2D eigenvalue weighted by Crippen LogP contribution is 2.29. The summed E-state index contributed by atoms with van der Waals surface area (Å²) in [5, 5.41) is 0. The van der Waals surface area contributed by atoms with E-state index in [2.05, 4.69) is 33.9 Å². The van der Waals surface area contributed by atoms with Crippen LogP contribution in [0.1, 0.15) is 32.8 Å². The Bertz CT molecular complexity index is 513. The minimum atomic E-state index is -0.167. The minimum absolute atomic E-state index is 0.0486. The zero-order chi connectivity index (χ0) is 19.1. The highest BCUT2D eigenvalue weighted by Gasteiger charge is 2.16. The van der Waals surface area contributed by atoms with Gasteiger partial charge >= 0.3 is 0 Å². The standard InChI is InChI=1S/C18H26O5.CH2O/c1-6-18(4,5)23-12-15-9-10-16(21-13-19-7-2)17(11-15)22-14-20-8-3;1-2/h7-11H,2-3,6,12-14H2,1,4-5H3;1H2. The Balaban J connectivity index is 0.00000277. The summed E-state index contributed by atoms with van der Waals surface area (Å²) in [4.78, 5) is 8.00. The van der Waals surface area contributed by atoms with E-state index in [1.54, 1.807) is 0 Å². The number of hydrogen-bond donors (Lipinski definition) is 0. The van der Waals surface area contributed by atoms with Crippen LogP contribution in [0.4, 0.5) is 0 Å². The van der Waals surface area contributed by atoms with Crippen LogP contribution >= 0.6 is 0 Å². The van der Waals surface area contributed by atoms with Crippen LogP contribution in [0.25, 0.3) is 0 Å². The van der Waals surface area contributed by atoms with Crippen molar-refractivity contribution in [2.75, 3.05) is 13.6 Å². The molecule has 0 unspecified atom stereocenters. The highest BCUT2D eigenvalue weighted by atomic mass is 16.7. The van der Waals surface area contributed by atoms with E-state index < -0.39 is 0 Å². The van der Waals surface area contributed by atoms with Crippen LogP contribution in [0.3, 0.4) is 0 Å². The number of rotatable bonds is 12. The summed E-state index contributed by atoms with van der Waals surface area (Å²) in [6.45, 7) is 15.8. The summed E-state index contributed by atoms with van der Waals surface area (Å²) in [5.74, 6) is 1.10.